The van der Waals surface area contributed by atoms with Crippen LogP contribution in [0.25, 0.3) is 0 Å². The van der Waals surface area contributed by atoms with Crippen molar-refractivity contribution >= 4 is 11.9 Å². The maximum Gasteiger partial charge on any atom is 0.347 e. The fourth-order valence-electron chi connectivity index (χ4n) is 3.95. The van der Waals surface area contributed by atoms with E-state index in [1.165, 1.54) is 20.3 Å². The summed E-state index contributed by atoms with van der Waals surface area (Å²) in [7, 11) is 4.47. The van der Waals surface area contributed by atoms with Crippen LogP contribution in [0.15, 0.2) is 24.3 Å². The summed E-state index contributed by atoms with van der Waals surface area (Å²) in [6.45, 7) is 4.20. The first-order valence-corrected chi connectivity index (χ1v) is 11.8. The van der Waals surface area contributed by atoms with Gasteiger partial charge in [0.2, 0.25) is 0 Å². The molecule has 0 aromatic heterocycles. The van der Waals surface area contributed by atoms with Crippen molar-refractivity contribution < 1.29 is 33.6 Å². The Morgan fingerprint density at radius 2 is 1.21 bits per heavy atom. The van der Waals surface area contributed by atoms with Gasteiger partial charge in [0.05, 0.1) is 21.3 Å². The normalized spacial score (nSPS) is 10.6. The average molecular weight is 473 g/mol. The zero-order valence-corrected chi connectivity index (χ0v) is 20.9. The molecule has 186 valence electrons. The van der Waals surface area contributed by atoms with Crippen molar-refractivity contribution in [3.63, 3.8) is 0 Å². The van der Waals surface area contributed by atoms with Gasteiger partial charge in [-0.2, -0.15) is 0 Å². The van der Waals surface area contributed by atoms with Gasteiger partial charge >= 0.3 is 11.9 Å². The average Bonchev–Trinajstić information content (AvgIpc) is 2.83. The van der Waals surface area contributed by atoms with Crippen LogP contribution in [0.1, 0.15) is 84.2 Å². The molecule has 0 amide bonds. The van der Waals surface area contributed by atoms with Gasteiger partial charge in [-0.3, -0.25) is 0 Å². The molecule has 7 nitrogen and oxygen atoms in total. The number of methoxy groups -OCH3 is 3. The summed E-state index contributed by atoms with van der Waals surface area (Å²) in [5.41, 5.74) is 1.80. The number of carbonyl (C=O) groups excluding carboxylic acids is 1. The van der Waals surface area contributed by atoms with Crippen LogP contribution in [0.2, 0.25) is 0 Å². The van der Waals surface area contributed by atoms with E-state index in [2.05, 4.69) is 13.8 Å². The molecule has 0 saturated heterocycles. The summed E-state index contributed by atoms with van der Waals surface area (Å²) in [6.07, 6.45) is 7.02. The van der Waals surface area contributed by atoms with Crippen LogP contribution >= 0.6 is 0 Å². The zero-order valence-electron chi connectivity index (χ0n) is 20.9. The molecule has 0 fully saturated rings. The van der Waals surface area contributed by atoms with Crippen molar-refractivity contribution in [2.75, 3.05) is 21.3 Å². The monoisotopic (exact) mass is 472 g/mol. The van der Waals surface area contributed by atoms with Gasteiger partial charge in [0.1, 0.15) is 34.1 Å². The van der Waals surface area contributed by atoms with Crippen LogP contribution in [0.4, 0.5) is 0 Å². The minimum atomic E-state index is -1.07. The molecule has 7 heteroatoms. The number of carbonyl (C=O) groups is 2. The number of esters is 1. The molecule has 0 aliphatic carbocycles. The second kappa shape index (κ2) is 13.5. The number of hydrogen-bond donors (Lipinski definition) is 1. The zero-order chi connectivity index (χ0) is 25.1. The quantitative estimate of drug-likeness (QED) is 0.202. The highest BCUT2D eigenvalue weighted by Gasteiger charge is 2.24. The van der Waals surface area contributed by atoms with E-state index in [-0.39, 0.29) is 17.1 Å². The standard InChI is InChI=1S/C27H36O7/c1-6-8-10-12-18-15-21(17-22(32-4)24(18)26(28)29)34-27(30)25-19(13-11-9-7-2)14-20(31-3)16-23(25)33-5/h14-17H,6-13H2,1-5H3,(H,28,29). The summed E-state index contributed by atoms with van der Waals surface area (Å²) in [5.74, 6) is -0.282. The van der Waals surface area contributed by atoms with E-state index in [9.17, 15) is 14.7 Å². The van der Waals surface area contributed by atoms with E-state index >= 15 is 0 Å². The van der Waals surface area contributed by atoms with E-state index in [4.69, 9.17) is 18.9 Å². The smallest absolute Gasteiger partial charge is 0.347 e. The fourth-order valence-corrected chi connectivity index (χ4v) is 3.95. The molecule has 0 atom stereocenters. The number of ether oxygens (including phenoxy) is 4. The van der Waals surface area contributed by atoms with Crippen LogP contribution in [0.3, 0.4) is 0 Å². The molecular formula is C27H36O7. The van der Waals surface area contributed by atoms with Crippen LogP contribution in [-0.2, 0) is 12.8 Å². The number of aryl methyl sites for hydroxylation is 2. The minimum absolute atomic E-state index is 0.0979. The third kappa shape index (κ3) is 6.89. The van der Waals surface area contributed by atoms with Crippen molar-refractivity contribution in [3.05, 3.63) is 46.5 Å². The molecule has 2 aromatic carbocycles. The number of carboxylic acid groups (broad SMARTS) is 1. The van der Waals surface area contributed by atoms with Crippen molar-refractivity contribution in [2.45, 2.75) is 65.2 Å². The van der Waals surface area contributed by atoms with Crippen LogP contribution in [0.5, 0.6) is 23.0 Å². The maximum absolute atomic E-state index is 13.3. The molecule has 0 aliphatic heterocycles. The first-order chi connectivity index (χ1) is 16.4. The predicted molar refractivity (Wildman–Crippen MR) is 131 cm³/mol. The first kappa shape index (κ1) is 27.0. The molecule has 1 N–H and O–H groups in total. The third-order valence-electron chi connectivity index (χ3n) is 5.72. The second-order valence-electron chi connectivity index (χ2n) is 8.13. The Labute approximate surface area is 202 Å². The number of unbranched alkanes of at least 4 members (excludes halogenated alkanes) is 4. The topological polar surface area (TPSA) is 91.3 Å². The Morgan fingerprint density at radius 3 is 1.71 bits per heavy atom. The Bertz CT molecular complexity index is 981. The van der Waals surface area contributed by atoms with Crippen LogP contribution < -0.4 is 18.9 Å². The molecule has 2 aromatic rings. The van der Waals surface area contributed by atoms with E-state index < -0.39 is 11.9 Å². The summed E-state index contributed by atoms with van der Waals surface area (Å²) in [4.78, 5) is 25.2. The van der Waals surface area contributed by atoms with Gasteiger partial charge in [-0.15, -0.1) is 0 Å². The van der Waals surface area contributed by atoms with Gasteiger partial charge in [-0.05, 0) is 48.9 Å². The van der Waals surface area contributed by atoms with E-state index in [1.54, 1.807) is 19.2 Å². The summed E-state index contributed by atoms with van der Waals surface area (Å²) in [5, 5.41) is 9.73. The maximum atomic E-state index is 13.3. The largest absolute Gasteiger partial charge is 0.497 e. The number of benzene rings is 2. The molecule has 0 radical (unpaired) electrons. The molecule has 0 aliphatic rings. The molecular weight excluding hydrogens is 436 g/mol. The lowest BCUT2D eigenvalue weighted by Gasteiger charge is -2.17. The fraction of sp³-hybridized carbons (Fsp3) is 0.481. The van der Waals surface area contributed by atoms with Crippen LogP contribution in [-0.4, -0.2) is 38.4 Å². The molecule has 0 heterocycles. The number of aromatic carboxylic acids is 1. The SMILES string of the molecule is CCCCCc1cc(OC(=O)c2c(CCCCC)cc(OC)cc2OC)cc(OC)c1C(=O)O. The highest BCUT2D eigenvalue weighted by molar-refractivity contribution is 5.97. The van der Waals surface area contributed by atoms with Crippen molar-refractivity contribution in [1.29, 1.82) is 0 Å². The van der Waals surface area contributed by atoms with Gasteiger partial charge in [0.15, 0.2) is 0 Å². The van der Waals surface area contributed by atoms with Crippen LogP contribution in [0, 0.1) is 0 Å². The summed E-state index contributed by atoms with van der Waals surface area (Å²) < 4.78 is 22.0. The lowest BCUT2D eigenvalue weighted by atomic mass is 9.99. The summed E-state index contributed by atoms with van der Waals surface area (Å²) >= 11 is 0. The van der Waals surface area contributed by atoms with Crippen molar-refractivity contribution in [3.8, 4) is 23.0 Å². The van der Waals surface area contributed by atoms with Crippen molar-refractivity contribution in [1.82, 2.24) is 0 Å². The Morgan fingerprint density at radius 1 is 0.706 bits per heavy atom. The number of rotatable bonds is 14. The highest BCUT2D eigenvalue weighted by atomic mass is 16.5. The van der Waals surface area contributed by atoms with Gasteiger partial charge in [0, 0.05) is 12.1 Å². The lowest BCUT2D eigenvalue weighted by molar-refractivity contribution is 0.0691. The van der Waals surface area contributed by atoms with E-state index in [0.29, 0.717) is 35.5 Å². The third-order valence-corrected chi connectivity index (χ3v) is 5.72. The molecule has 0 unspecified atom stereocenters. The van der Waals surface area contributed by atoms with Gasteiger partial charge in [0.25, 0.3) is 0 Å². The minimum Gasteiger partial charge on any atom is -0.497 e. The molecule has 34 heavy (non-hydrogen) atoms. The van der Waals surface area contributed by atoms with Gasteiger partial charge < -0.3 is 24.1 Å². The van der Waals surface area contributed by atoms with Crippen molar-refractivity contribution in [2.24, 2.45) is 0 Å². The lowest BCUT2D eigenvalue weighted by Crippen LogP contribution is -2.15. The predicted octanol–water partition coefficient (Wildman–Crippen LogP) is 6.10. The molecule has 0 bridgehead atoms. The van der Waals surface area contributed by atoms with E-state index in [1.807, 2.05) is 6.07 Å². The van der Waals surface area contributed by atoms with Gasteiger partial charge in [-0.1, -0.05) is 39.5 Å². The summed E-state index contributed by atoms with van der Waals surface area (Å²) in [6, 6.07) is 6.55. The number of hydrogen-bond acceptors (Lipinski definition) is 6. The Balaban J connectivity index is 2.47. The van der Waals surface area contributed by atoms with Gasteiger partial charge in [-0.25, -0.2) is 9.59 Å². The second-order valence-corrected chi connectivity index (χ2v) is 8.13. The Hall–Kier alpha value is -3.22. The first-order valence-electron chi connectivity index (χ1n) is 11.8. The number of carboxylic acids is 1. The molecule has 0 saturated carbocycles. The molecule has 0 spiro atoms. The molecule has 2 rings (SSSR count). The highest BCUT2D eigenvalue weighted by Crippen LogP contribution is 2.34. The van der Waals surface area contributed by atoms with E-state index in [0.717, 1.165) is 44.1 Å². The Kier molecular flexibility index (Phi) is 10.7.